The van der Waals surface area contributed by atoms with Crippen LogP contribution in [0.2, 0.25) is 0 Å². The Morgan fingerprint density at radius 3 is 2.95 bits per heavy atom. The first-order valence-corrected chi connectivity index (χ1v) is 7.00. The number of nitrogens with one attached hydrogen (secondary N) is 2. The van der Waals surface area contributed by atoms with E-state index >= 15 is 0 Å². The van der Waals surface area contributed by atoms with Crippen molar-refractivity contribution < 1.29 is 4.42 Å². The van der Waals surface area contributed by atoms with Crippen LogP contribution in [0.5, 0.6) is 0 Å². The van der Waals surface area contributed by atoms with Crippen molar-refractivity contribution >= 4 is 24.5 Å². The SMILES string of the molecule is C/C(C=Nn1c(-c2cc(C)[nH]n2)n[nH]c1=S)=C\c1ccco1. The second-order valence-corrected chi connectivity index (χ2v) is 5.14. The van der Waals surface area contributed by atoms with E-state index in [0.29, 0.717) is 16.3 Å². The van der Waals surface area contributed by atoms with Crippen LogP contribution in [0.15, 0.2) is 39.6 Å². The van der Waals surface area contributed by atoms with Gasteiger partial charge < -0.3 is 4.42 Å². The molecule has 3 aromatic heterocycles. The van der Waals surface area contributed by atoms with Crippen LogP contribution >= 0.6 is 12.2 Å². The highest BCUT2D eigenvalue weighted by molar-refractivity contribution is 7.71. The minimum Gasteiger partial charge on any atom is -0.465 e. The number of H-pyrrole nitrogens is 2. The van der Waals surface area contributed by atoms with Crippen LogP contribution in [0, 0.1) is 11.7 Å². The Balaban J connectivity index is 1.91. The molecule has 3 rings (SSSR count). The Morgan fingerprint density at radius 2 is 2.27 bits per heavy atom. The summed E-state index contributed by atoms with van der Waals surface area (Å²) in [6.45, 7) is 3.84. The molecular formula is C14H14N6OS. The lowest BCUT2D eigenvalue weighted by atomic mass is 10.3. The van der Waals surface area contributed by atoms with Crippen LogP contribution in [-0.2, 0) is 0 Å². The summed E-state index contributed by atoms with van der Waals surface area (Å²) in [5, 5.41) is 18.3. The lowest BCUT2D eigenvalue weighted by Crippen LogP contribution is -1.95. The van der Waals surface area contributed by atoms with Gasteiger partial charge in [-0.25, -0.2) is 5.10 Å². The van der Waals surface area contributed by atoms with E-state index in [1.165, 1.54) is 4.68 Å². The molecule has 2 N–H and O–H groups in total. The van der Waals surface area contributed by atoms with E-state index in [1.807, 2.05) is 38.1 Å². The Labute approximate surface area is 131 Å². The first-order chi connectivity index (χ1) is 10.6. The summed E-state index contributed by atoms with van der Waals surface area (Å²) in [7, 11) is 0. The highest BCUT2D eigenvalue weighted by atomic mass is 32.1. The molecule has 0 aromatic carbocycles. The van der Waals surface area contributed by atoms with Gasteiger partial charge in [0, 0.05) is 5.69 Å². The predicted molar refractivity (Wildman–Crippen MR) is 86.0 cm³/mol. The zero-order chi connectivity index (χ0) is 15.5. The molecule has 0 aliphatic heterocycles. The molecule has 8 heteroatoms. The Hall–Kier alpha value is -2.74. The maximum atomic E-state index is 5.26. The summed E-state index contributed by atoms with van der Waals surface area (Å²) >= 11 is 5.20. The largest absolute Gasteiger partial charge is 0.465 e. The van der Waals surface area contributed by atoms with Gasteiger partial charge in [-0.15, -0.1) is 0 Å². The van der Waals surface area contributed by atoms with Crippen LogP contribution in [0.25, 0.3) is 17.6 Å². The molecule has 0 aliphatic rings. The predicted octanol–water partition coefficient (Wildman–Crippen LogP) is 3.17. The second kappa shape index (κ2) is 5.94. The second-order valence-electron chi connectivity index (χ2n) is 4.75. The molecule has 0 bridgehead atoms. The minimum absolute atomic E-state index is 0.401. The summed E-state index contributed by atoms with van der Waals surface area (Å²) in [5.41, 5.74) is 2.53. The number of hydrogen-bond acceptors (Lipinski definition) is 5. The molecule has 3 aromatic rings. The Bertz CT molecular complexity index is 881. The van der Waals surface area contributed by atoms with Crippen LogP contribution < -0.4 is 0 Å². The molecule has 0 atom stereocenters. The van der Waals surface area contributed by atoms with Crippen molar-refractivity contribution in [2.45, 2.75) is 13.8 Å². The van der Waals surface area contributed by atoms with Crippen molar-refractivity contribution in [2.75, 3.05) is 0 Å². The maximum Gasteiger partial charge on any atom is 0.216 e. The Morgan fingerprint density at radius 1 is 1.41 bits per heavy atom. The average molecular weight is 314 g/mol. The minimum atomic E-state index is 0.401. The number of hydrogen-bond donors (Lipinski definition) is 2. The molecule has 0 unspecified atom stereocenters. The van der Waals surface area contributed by atoms with E-state index in [2.05, 4.69) is 25.5 Å². The number of rotatable bonds is 4. The van der Waals surface area contributed by atoms with E-state index in [-0.39, 0.29) is 0 Å². The number of aryl methyl sites for hydroxylation is 1. The average Bonchev–Trinajstić information content (AvgIpc) is 3.19. The molecule has 0 fully saturated rings. The smallest absolute Gasteiger partial charge is 0.216 e. The summed E-state index contributed by atoms with van der Waals surface area (Å²) in [4.78, 5) is 0. The molecule has 0 radical (unpaired) electrons. The zero-order valence-corrected chi connectivity index (χ0v) is 12.9. The third-order valence-corrected chi connectivity index (χ3v) is 3.14. The van der Waals surface area contributed by atoms with Crippen molar-refractivity contribution in [1.29, 1.82) is 0 Å². The fourth-order valence-corrected chi connectivity index (χ4v) is 2.06. The van der Waals surface area contributed by atoms with Gasteiger partial charge >= 0.3 is 0 Å². The molecular weight excluding hydrogens is 300 g/mol. The van der Waals surface area contributed by atoms with Crippen LogP contribution in [0.1, 0.15) is 18.4 Å². The summed E-state index contributed by atoms with van der Waals surface area (Å²) in [5.74, 6) is 1.32. The third kappa shape index (κ3) is 2.96. The molecule has 112 valence electrons. The molecule has 0 spiro atoms. The van der Waals surface area contributed by atoms with Gasteiger partial charge in [-0.1, -0.05) is 0 Å². The van der Waals surface area contributed by atoms with Gasteiger partial charge in [0.2, 0.25) is 10.6 Å². The van der Waals surface area contributed by atoms with E-state index in [4.69, 9.17) is 16.6 Å². The molecule has 0 saturated carbocycles. The standard InChI is InChI=1S/C14H14N6OS/c1-9(6-11-4-3-5-21-11)8-15-20-13(18-19-14(20)22)12-7-10(2)16-17-12/h3-8H,1-2H3,(H,16,17)(H,19,22)/b9-6+,15-8?. The lowest BCUT2D eigenvalue weighted by molar-refractivity contribution is 0.557. The van der Waals surface area contributed by atoms with Gasteiger partial charge in [-0.3, -0.25) is 5.10 Å². The van der Waals surface area contributed by atoms with Crippen molar-refractivity contribution in [1.82, 2.24) is 25.1 Å². The molecule has 3 heterocycles. The summed E-state index contributed by atoms with van der Waals surface area (Å²) < 4.78 is 7.20. The van der Waals surface area contributed by atoms with Crippen LogP contribution in [-0.4, -0.2) is 31.3 Å². The van der Waals surface area contributed by atoms with Crippen molar-refractivity contribution in [3.8, 4) is 11.5 Å². The van der Waals surface area contributed by atoms with Gasteiger partial charge in [0.05, 0.1) is 12.5 Å². The highest BCUT2D eigenvalue weighted by Crippen LogP contribution is 2.15. The van der Waals surface area contributed by atoms with E-state index < -0.39 is 0 Å². The van der Waals surface area contributed by atoms with E-state index in [1.54, 1.807) is 12.5 Å². The number of allylic oxidation sites excluding steroid dienone is 1. The summed E-state index contributed by atoms with van der Waals surface area (Å²) in [6.07, 6.45) is 5.20. The monoisotopic (exact) mass is 314 g/mol. The van der Waals surface area contributed by atoms with Crippen molar-refractivity contribution in [3.63, 3.8) is 0 Å². The lowest BCUT2D eigenvalue weighted by Gasteiger charge is -1.97. The summed E-state index contributed by atoms with van der Waals surface area (Å²) in [6, 6.07) is 5.59. The van der Waals surface area contributed by atoms with Gasteiger partial charge in [-0.05, 0) is 55.9 Å². The maximum absolute atomic E-state index is 5.26. The number of furan rings is 1. The molecule has 7 nitrogen and oxygen atoms in total. The highest BCUT2D eigenvalue weighted by Gasteiger charge is 2.10. The quantitative estimate of drug-likeness (QED) is 0.572. The first-order valence-electron chi connectivity index (χ1n) is 6.59. The molecule has 0 saturated heterocycles. The molecule has 22 heavy (non-hydrogen) atoms. The normalized spacial score (nSPS) is 12.4. The number of nitrogens with zero attached hydrogens (tertiary/aromatic N) is 4. The molecule has 0 amide bonds. The van der Waals surface area contributed by atoms with Crippen LogP contribution in [0.4, 0.5) is 0 Å². The van der Waals surface area contributed by atoms with E-state index in [0.717, 1.165) is 17.0 Å². The third-order valence-electron chi connectivity index (χ3n) is 2.88. The fraction of sp³-hybridized carbons (Fsp3) is 0.143. The van der Waals surface area contributed by atoms with Gasteiger partial charge in [-0.2, -0.15) is 20.0 Å². The first kappa shape index (κ1) is 14.2. The topological polar surface area (TPSA) is 87.8 Å². The number of aromatic nitrogens is 5. The van der Waals surface area contributed by atoms with Gasteiger partial charge in [0.1, 0.15) is 11.5 Å². The van der Waals surface area contributed by atoms with Gasteiger partial charge in [0.15, 0.2) is 0 Å². The van der Waals surface area contributed by atoms with Gasteiger partial charge in [0.25, 0.3) is 0 Å². The zero-order valence-electron chi connectivity index (χ0n) is 12.1. The van der Waals surface area contributed by atoms with Crippen molar-refractivity contribution in [3.05, 3.63) is 46.3 Å². The van der Waals surface area contributed by atoms with Crippen molar-refractivity contribution in [2.24, 2.45) is 5.10 Å². The fourth-order valence-electron chi connectivity index (χ4n) is 1.88. The number of aromatic amines is 2. The van der Waals surface area contributed by atoms with Crippen LogP contribution in [0.3, 0.4) is 0 Å². The Kier molecular flexibility index (Phi) is 3.84. The van der Waals surface area contributed by atoms with E-state index in [9.17, 15) is 0 Å². The molecule has 0 aliphatic carbocycles.